The quantitative estimate of drug-likeness (QED) is 0.529. The molecule has 4 rings (SSSR count). The lowest BCUT2D eigenvalue weighted by Crippen LogP contribution is -2.33. The Hall–Kier alpha value is -3.39. The maximum absolute atomic E-state index is 13.0. The van der Waals surface area contributed by atoms with Gasteiger partial charge in [-0.1, -0.05) is 6.42 Å². The lowest BCUT2D eigenvalue weighted by Gasteiger charge is -2.26. The molecular formula is C25H29FN4O3. The molecule has 0 bridgehead atoms. The van der Waals surface area contributed by atoms with Crippen molar-refractivity contribution in [2.24, 2.45) is 7.05 Å². The van der Waals surface area contributed by atoms with Crippen molar-refractivity contribution < 1.29 is 18.7 Å². The topological polar surface area (TPSA) is 68.6 Å². The summed E-state index contributed by atoms with van der Waals surface area (Å²) >= 11 is 0. The first-order chi connectivity index (χ1) is 16.1. The van der Waals surface area contributed by atoms with E-state index in [1.54, 1.807) is 10.9 Å². The number of nitrogens with one attached hydrogen (secondary N) is 1. The van der Waals surface area contributed by atoms with Gasteiger partial charge in [0.15, 0.2) is 6.61 Å². The Kier molecular flexibility index (Phi) is 7.57. The molecule has 3 aromatic rings. The number of aromatic nitrogens is 2. The number of piperidine rings is 1. The summed E-state index contributed by atoms with van der Waals surface area (Å²) < 4.78 is 26.4. The predicted octanol–water partition coefficient (Wildman–Crippen LogP) is 4.11. The van der Waals surface area contributed by atoms with Gasteiger partial charge in [-0.2, -0.15) is 5.10 Å². The van der Waals surface area contributed by atoms with Crippen molar-refractivity contribution in [2.45, 2.75) is 19.3 Å². The van der Waals surface area contributed by atoms with Crippen LogP contribution in [0.3, 0.4) is 0 Å². The molecule has 8 heteroatoms. The van der Waals surface area contributed by atoms with Crippen LogP contribution in [0.15, 0.2) is 54.7 Å². The van der Waals surface area contributed by atoms with Crippen molar-refractivity contribution in [1.29, 1.82) is 0 Å². The lowest BCUT2D eigenvalue weighted by molar-refractivity contribution is -0.118. The third-order valence-corrected chi connectivity index (χ3v) is 5.66. The number of anilines is 1. The second-order valence-corrected chi connectivity index (χ2v) is 8.09. The van der Waals surface area contributed by atoms with E-state index < -0.39 is 0 Å². The van der Waals surface area contributed by atoms with Crippen LogP contribution < -0.4 is 14.8 Å². The second kappa shape index (κ2) is 11.0. The van der Waals surface area contributed by atoms with Crippen LogP contribution in [0.5, 0.6) is 11.5 Å². The van der Waals surface area contributed by atoms with Gasteiger partial charge >= 0.3 is 0 Å². The molecule has 0 atom stereocenters. The second-order valence-electron chi connectivity index (χ2n) is 8.09. The Balaban J connectivity index is 1.41. The molecule has 1 amide bonds. The van der Waals surface area contributed by atoms with Gasteiger partial charge in [-0.15, -0.1) is 0 Å². The first kappa shape index (κ1) is 22.8. The third kappa shape index (κ3) is 6.32. The van der Waals surface area contributed by atoms with Gasteiger partial charge in [0.05, 0.1) is 5.69 Å². The molecule has 2 aromatic carbocycles. The molecule has 174 valence electrons. The van der Waals surface area contributed by atoms with E-state index in [0.717, 1.165) is 36.6 Å². The van der Waals surface area contributed by atoms with Gasteiger partial charge in [0, 0.05) is 31.0 Å². The Bertz CT molecular complexity index is 1060. The molecule has 2 heterocycles. The fourth-order valence-corrected chi connectivity index (χ4v) is 3.92. The van der Waals surface area contributed by atoms with Gasteiger partial charge in [-0.25, -0.2) is 4.39 Å². The molecule has 1 aliphatic heterocycles. The standard InChI is InChI=1S/C25H29FN4O3/c1-29-23(11-12-27-29)22-17-20(28-25(31)18-33-21-8-5-19(26)6-9-21)7-10-24(22)32-16-15-30-13-3-2-4-14-30/h5-12,17H,2-4,13-16,18H2,1H3,(H,28,31). The number of hydrogen-bond acceptors (Lipinski definition) is 5. The fourth-order valence-electron chi connectivity index (χ4n) is 3.92. The number of amides is 1. The number of hydrogen-bond donors (Lipinski definition) is 1. The van der Waals surface area contributed by atoms with Crippen molar-refractivity contribution in [1.82, 2.24) is 14.7 Å². The zero-order chi connectivity index (χ0) is 23.0. The average Bonchev–Trinajstić information content (AvgIpc) is 3.26. The molecule has 0 saturated carbocycles. The van der Waals surface area contributed by atoms with Crippen molar-refractivity contribution in [3.63, 3.8) is 0 Å². The van der Waals surface area contributed by atoms with E-state index in [2.05, 4.69) is 15.3 Å². The van der Waals surface area contributed by atoms with E-state index in [1.165, 1.54) is 43.5 Å². The minimum Gasteiger partial charge on any atom is -0.492 e. The van der Waals surface area contributed by atoms with E-state index in [4.69, 9.17) is 9.47 Å². The maximum atomic E-state index is 13.0. The summed E-state index contributed by atoms with van der Waals surface area (Å²) in [5.41, 5.74) is 2.37. The van der Waals surface area contributed by atoms with Gasteiger partial charge < -0.3 is 14.8 Å². The molecule has 0 radical (unpaired) electrons. The van der Waals surface area contributed by atoms with E-state index in [9.17, 15) is 9.18 Å². The number of carbonyl (C=O) groups excluding carboxylic acids is 1. The highest BCUT2D eigenvalue weighted by Crippen LogP contribution is 2.32. The number of benzene rings is 2. The normalized spacial score (nSPS) is 14.1. The minimum absolute atomic E-state index is 0.180. The zero-order valence-electron chi connectivity index (χ0n) is 18.8. The van der Waals surface area contributed by atoms with Crippen LogP contribution in [0.4, 0.5) is 10.1 Å². The number of aryl methyl sites for hydroxylation is 1. The van der Waals surface area contributed by atoms with Gasteiger partial charge in [0.25, 0.3) is 5.91 Å². The zero-order valence-corrected chi connectivity index (χ0v) is 18.8. The summed E-state index contributed by atoms with van der Waals surface area (Å²) in [5, 5.41) is 7.12. The first-order valence-electron chi connectivity index (χ1n) is 11.2. The molecule has 0 aliphatic carbocycles. The molecular weight excluding hydrogens is 423 g/mol. The summed E-state index contributed by atoms with van der Waals surface area (Å²) in [6, 6.07) is 13.0. The highest BCUT2D eigenvalue weighted by Gasteiger charge is 2.14. The van der Waals surface area contributed by atoms with Crippen molar-refractivity contribution in [3.05, 3.63) is 60.5 Å². The van der Waals surface area contributed by atoms with Crippen LogP contribution >= 0.6 is 0 Å². The summed E-state index contributed by atoms with van der Waals surface area (Å²) in [5.74, 6) is 0.512. The Morgan fingerprint density at radius 2 is 1.85 bits per heavy atom. The van der Waals surface area contributed by atoms with E-state index in [0.29, 0.717) is 18.0 Å². The molecule has 33 heavy (non-hydrogen) atoms. The van der Waals surface area contributed by atoms with E-state index in [1.807, 2.05) is 31.3 Å². The smallest absolute Gasteiger partial charge is 0.262 e. The van der Waals surface area contributed by atoms with Gasteiger partial charge in [0.1, 0.15) is 23.9 Å². The fraction of sp³-hybridized carbons (Fsp3) is 0.360. The van der Waals surface area contributed by atoms with Gasteiger partial charge in [0.2, 0.25) is 0 Å². The number of halogens is 1. The highest BCUT2D eigenvalue weighted by atomic mass is 19.1. The molecule has 1 aliphatic rings. The van der Waals surface area contributed by atoms with Crippen LogP contribution in [0.1, 0.15) is 19.3 Å². The Morgan fingerprint density at radius 1 is 1.06 bits per heavy atom. The maximum Gasteiger partial charge on any atom is 0.262 e. The monoisotopic (exact) mass is 452 g/mol. The van der Waals surface area contributed by atoms with Crippen molar-refractivity contribution >= 4 is 11.6 Å². The van der Waals surface area contributed by atoms with Gasteiger partial charge in [-0.05, 0) is 74.5 Å². The predicted molar refractivity (Wildman–Crippen MR) is 125 cm³/mol. The van der Waals surface area contributed by atoms with Crippen LogP contribution in [-0.4, -0.2) is 53.4 Å². The molecule has 1 N–H and O–H groups in total. The molecule has 1 fully saturated rings. The average molecular weight is 453 g/mol. The first-order valence-corrected chi connectivity index (χ1v) is 11.2. The highest BCUT2D eigenvalue weighted by molar-refractivity contribution is 5.93. The Morgan fingerprint density at radius 3 is 2.58 bits per heavy atom. The number of rotatable bonds is 9. The van der Waals surface area contributed by atoms with Crippen molar-refractivity contribution in [3.8, 4) is 22.8 Å². The molecule has 1 saturated heterocycles. The summed E-state index contributed by atoms with van der Waals surface area (Å²) in [6.07, 6.45) is 5.54. The van der Waals surface area contributed by atoms with E-state index in [-0.39, 0.29) is 18.3 Å². The number of likely N-dealkylation sites (tertiary alicyclic amines) is 1. The summed E-state index contributed by atoms with van der Waals surface area (Å²) in [6.45, 7) is 3.57. The van der Waals surface area contributed by atoms with Crippen LogP contribution in [0.25, 0.3) is 11.3 Å². The lowest BCUT2D eigenvalue weighted by atomic mass is 10.1. The molecule has 0 spiro atoms. The van der Waals surface area contributed by atoms with Crippen LogP contribution in [0, 0.1) is 5.82 Å². The Labute approximate surface area is 193 Å². The number of carbonyl (C=O) groups is 1. The molecule has 1 aromatic heterocycles. The number of ether oxygens (including phenoxy) is 2. The summed E-state index contributed by atoms with van der Waals surface area (Å²) in [4.78, 5) is 14.8. The summed E-state index contributed by atoms with van der Waals surface area (Å²) in [7, 11) is 1.87. The van der Waals surface area contributed by atoms with Crippen LogP contribution in [-0.2, 0) is 11.8 Å². The SMILES string of the molecule is Cn1nccc1-c1cc(NC(=O)COc2ccc(F)cc2)ccc1OCCN1CCCCC1. The molecule has 7 nitrogen and oxygen atoms in total. The van der Waals surface area contributed by atoms with Gasteiger partial charge in [-0.3, -0.25) is 14.4 Å². The third-order valence-electron chi connectivity index (χ3n) is 5.66. The van der Waals surface area contributed by atoms with E-state index >= 15 is 0 Å². The minimum atomic E-state index is -0.354. The van der Waals surface area contributed by atoms with Crippen molar-refractivity contribution in [2.75, 3.05) is 38.2 Å². The number of nitrogens with zero attached hydrogens (tertiary/aromatic N) is 3. The molecule has 0 unspecified atom stereocenters. The largest absolute Gasteiger partial charge is 0.492 e. The van der Waals surface area contributed by atoms with Crippen LogP contribution in [0.2, 0.25) is 0 Å².